The molecule has 0 radical (unpaired) electrons. The highest BCUT2D eigenvalue weighted by atomic mass is 19.3. The summed E-state index contributed by atoms with van der Waals surface area (Å²) in [6.07, 6.45) is -3.59. The Balaban J connectivity index is 2.55. The number of nitrogens with one attached hydrogen (secondary N) is 1. The number of aromatic nitrogens is 1. The van der Waals surface area contributed by atoms with E-state index in [1.807, 2.05) is 0 Å². The van der Waals surface area contributed by atoms with Crippen LogP contribution in [-0.4, -0.2) is 34.7 Å². The number of hydrogen-bond acceptors (Lipinski definition) is 4. The molecule has 0 aliphatic rings. The third kappa shape index (κ3) is 4.13. The van der Waals surface area contributed by atoms with Crippen LogP contribution in [0.4, 0.5) is 14.5 Å². The monoisotopic (exact) mass is 261 g/mol. The molecule has 1 aromatic heterocycles. The third-order valence-corrected chi connectivity index (χ3v) is 2.12. The van der Waals surface area contributed by atoms with Crippen molar-refractivity contribution in [2.24, 2.45) is 0 Å². The fourth-order valence-corrected chi connectivity index (χ4v) is 1.19. The van der Waals surface area contributed by atoms with Crippen LogP contribution in [0.1, 0.15) is 0 Å². The zero-order chi connectivity index (χ0) is 13.7. The van der Waals surface area contributed by atoms with Crippen molar-refractivity contribution < 1.29 is 18.7 Å². The molecule has 1 amide bonds. The van der Waals surface area contributed by atoms with Crippen LogP contribution in [0, 0.1) is 0 Å². The number of rotatable bonds is 5. The lowest BCUT2D eigenvalue weighted by molar-refractivity contribution is -0.122. The molecule has 6 nitrogen and oxygen atoms in total. The van der Waals surface area contributed by atoms with Crippen LogP contribution in [0.15, 0.2) is 23.1 Å². The van der Waals surface area contributed by atoms with E-state index in [0.717, 1.165) is 4.57 Å². The molecular formula is C10H13F2N3O3. The van der Waals surface area contributed by atoms with Crippen molar-refractivity contribution in [2.45, 2.75) is 19.1 Å². The van der Waals surface area contributed by atoms with E-state index in [4.69, 9.17) is 10.8 Å². The zero-order valence-electron chi connectivity index (χ0n) is 9.35. The second kappa shape index (κ2) is 6.10. The summed E-state index contributed by atoms with van der Waals surface area (Å²) >= 11 is 0. The van der Waals surface area contributed by atoms with Gasteiger partial charge in [-0.1, -0.05) is 0 Å². The van der Waals surface area contributed by atoms with Crippen LogP contribution in [0.5, 0.6) is 0 Å². The van der Waals surface area contributed by atoms with Crippen LogP contribution in [0.3, 0.4) is 0 Å². The average Bonchev–Trinajstić information content (AvgIpc) is 2.30. The number of amides is 1. The molecule has 1 rings (SSSR count). The second-order valence-corrected chi connectivity index (χ2v) is 3.63. The minimum atomic E-state index is -2.93. The van der Waals surface area contributed by atoms with Crippen molar-refractivity contribution in [3.8, 4) is 0 Å². The first kappa shape index (κ1) is 14.1. The summed E-state index contributed by atoms with van der Waals surface area (Å²) in [5.74, 6) is -0.664. The van der Waals surface area contributed by atoms with E-state index in [1.165, 1.54) is 18.3 Å². The Kier molecular flexibility index (Phi) is 4.78. The third-order valence-electron chi connectivity index (χ3n) is 2.12. The van der Waals surface area contributed by atoms with Crippen LogP contribution < -0.4 is 16.6 Å². The SMILES string of the molecule is Nc1ccc(=O)n(CC(=O)NCC(O)C(F)F)c1. The topological polar surface area (TPSA) is 97.4 Å². The van der Waals surface area contributed by atoms with Gasteiger partial charge in [-0.05, 0) is 6.07 Å². The Morgan fingerprint density at radius 2 is 2.17 bits per heavy atom. The molecule has 1 unspecified atom stereocenters. The molecule has 0 saturated heterocycles. The van der Waals surface area contributed by atoms with E-state index in [0.29, 0.717) is 5.69 Å². The van der Waals surface area contributed by atoms with Crippen molar-refractivity contribution >= 4 is 11.6 Å². The van der Waals surface area contributed by atoms with Crippen molar-refractivity contribution in [3.05, 3.63) is 28.7 Å². The number of carbonyl (C=O) groups excluding carboxylic acids is 1. The fourth-order valence-electron chi connectivity index (χ4n) is 1.19. The van der Waals surface area contributed by atoms with Gasteiger partial charge in [0.15, 0.2) is 0 Å². The molecule has 8 heteroatoms. The Bertz CT molecular complexity index is 476. The molecule has 4 N–H and O–H groups in total. The maximum absolute atomic E-state index is 11.9. The van der Waals surface area contributed by atoms with Crippen LogP contribution in [0.2, 0.25) is 0 Å². The van der Waals surface area contributed by atoms with E-state index in [2.05, 4.69) is 5.32 Å². The lowest BCUT2D eigenvalue weighted by Gasteiger charge is -2.11. The van der Waals surface area contributed by atoms with Gasteiger partial charge in [0.2, 0.25) is 5.91 Å². The van der Waals surface area contributed by atoms with Gasteiger partial charge < -0.3 is 20.7 Å². The molecule has 0 aliphatic carbocycles. The van der Waals surface area contributed by atoms with E-state index < -0.39 is 30.5 Å². The molecule has 0 aliphatic heterocycles. The largest absolute Gasteiger partial charge is 0.398 e. The highest BCUT2D eigenvalue weighted by molar-refractivity contribution is 5.75. The van der Waals surface area contributed by atoms with Gasteiger partial charge in [0.1, 0.15) is 12.6 Å². The molecule has 1 aromatic rings. The summed E-state index contributed by atoms with van der Waals surface area (Å²) in [5, 5.41) is 10.9. The number of nitrogens with two attached hydrogens (primary N) is 1. The summed E-state index contributed by atoms with van der Waals surface area (Å²) in [5.41, 5.74) is 5.30. The number of aliphatic hydroxyl groups excluding tert-OH is 1. The molecule has 0 aromatic carbocycles. The Morgan fingerprint density at radius 1 is 1.50 bits per heavy atom. The molecule has 18 heavy (non-hydrogen) atoms. The Labute approximate surface area is 101 Å². The van der Waals surface area contributed by atoms with Gasteiger partial charge in [-0.25, -0.2) is 8.78 Å². The van der Waals surface area contributed by atoms with Crippen LogP contribution in [0.25, 0.3) is 0 Å². The Hall–Kier alpha value is -1.96. The molecule has 0 fully saturated rings. The number of aliphatic hydroxyl groups is 1. The second-order valence-electron chi connectivity index (χ2n) is 3.63. The minimum absolute atomic E-state index is 0.301. The van der Waals surface area contributed by atoms with Crippen LogP contribution in [-0.2, 0) is 11.3 Å². The lowest BCUT2D eigenvalue weighted by Crippen LogP contribution is -2.38. The first-order chi connectivity index (χ1) is 8.40. The fraction of sp³-hybridized carbons (Fsp3) is 0.400. The lowest BCUT2D eigenvalue weighted by atomic mass is 10.3. The van der Waals surface area contributed by atoms with Gasteiger partial charge in [-0.15, -0.1) is 0 Å². The van der Waals surface area contributed by atoms with Gasteiger partial charge in [0, 0.05) is 24.5 Å². The number of nitrogens with zero attached hydrogens (tertiary/aromatic N) is 1. The predicted molar refractivity (Wildman–Crippen MR) is 60.1 cm³/mol. The maximum atomic E-state index is 11.9. The van der Waals surface area contributed by atoms with Gasteiger partial charge in [0.05, 0.1) is 0 Å². The van der Waals surface area contributed by atoms with Gasteiger partial charge in [-0.2, -0.15) is 0 Å². The zero-order valence-corrected chi connectivity index (χ0v) is 9.35. The van der Waals surface area contributed by atoms with Crippen molar-refractivity contribution in [2.75, 3.05) is 12.3 Å². The highest BCUT2D eigenvalue weighted by Crippen LogP contribution is 1.99. The molecule has 0 spiro atoms. The number of halogens is 2. The number of pyridine rings is 1. The standard InChI is InChI=1S/C10H13F2N3O3/c11-10(12)7(16)3-14-8(17)5-15-4-6(13)1-2-9(15)18/h1-2,4,7,10,16H,3,5,13H2,(H,14,17). The first-order valence-corrected chi connectivity index (χ1v) is 5.09. The molecular weight excluding hydrogens is 248 g/mol. The average molecular weight is 261 g/mol. The van der Waals surface area contributed by atoms with E-state index in [-0.39, 0.29) is 6.54 Å². The number of hydrogen-bond donors (Lipinski definition) is 3. The van der Waals surface area contributed by atoms with Crippen molar-refractivity contribution in [1.29, 1.82) is 0 Å². The van der Waals surface area contributed by atoms with E-state index in [9.17, 15) is 18.4 Å². The van der Waals surface area contributed by atoms with E-state index >= 15 is 0 Å². The van der Waals surface area contributed by atoms with Crippen molar-refractivity contribution in [3.63, 3.8) is 0 Å². The smallest absolute Gasteiger partial charge is 0.265 e. The van der Waals surface area contributed by atoms with E-state index in [1.54, 1.807) is 0 Å². The summed E-state index contributed by atoms with van der Waals surface area (Å²) in [6.45, 7) is -0.923. The molecule has 1 heterocycles. The maximum Gasteiger partial charge on any atom is 0.265 e. The predicted octanol–water partition coefficient (Wildman–Crippen LogP) is -0.827. The Morgan fingerprint density at radius 3 is 2.78 bits per heavy atom. The summed E-state index contributed by atoms with van der Waals surface area (Å²) in [4.78, 5) is 22.6. The summed E-state index contributed by atoms with van der Waals surface area (Å²) in [7, 11) is 0. The number of alkyl halides is 2. The molecule has 0 bridgehead atoms. The number of anilines is 1. The number of carbonyl (C=O) groups is 1. The normalized spacial score (nSPS) is 12.4. The van der Waals surface area contributed by atoms with Gasteiger partial charge >= 0.3 is 0 Å². The van der Waals surface area contributed by atoms with Gasteiger partial charge in [-0.3, -0.25) is 9.59 Å². The van der Waals surface area contributed by atoms with Crippen LogP contribution >= 0.6 is 0 Å². The molecule has 0 saturated carbocycles. The summed E-state index contributed by atoms with van der Waals surface area (Å²) < 4.78 is 24.9. The highest BCUT2D eigenvalue weighted by Gasteiger charge is 2.17. The van der Waals surface area contributed by atoms with Gasteiger partial charge in [0.25, 0.3) is 12.0 Å². The molecule has 100 valence electrons. The van der Waals surface area contributed by atoms with Crippen molar-refractivity contribution in [1.82, 2.24) is 9.88 Å². The number of nitrogen functional groups attached to an aromatic ring is 1. The minimum Gasteiger partial charge on any atom is -0.398 e. The first-order valence-electron chi connectivity index (χ1n) is 5.09. The molecule has 1 atom stereocenters. The summed E-state index contributed by atoms with van der Waals surface area (Å²) in [6, 6.07) is 2.58. The quantitative estimate of drug-likeness (QED) is 0.644.